The minimum atomic E-state index is 0.319. The Morgan fingerprint density at radius 3 is 1.71 bits per heavy atom. The summed E-state index contributed by atoms with van der Waals surface area (Å²) in [4.78, 5) is 6.52. The maximum absolute atomic E-state index is 6.46. The van der Waals surface area contributed by atoms with E-state index in [1.807, 2.05) is 29.2 Å². The van der Waals surface area contributed by atoms with E-state index in [1.54, 1.807) is 12.1 Å². The Hall–Kier alpha value is -2.96. The summed E-state index contributed by atoms with van der Waals surface area (Å²) in [6, 6.07) is 19.6. The molecule has 0 N–H and O–H groups in total. The molecule has 0 radical (unpaired) electrons. The number of rotatable bonds is 7. The third kappa shape index (κ3) is 4.79. The number of anilines is 4. The van der Waals surface area contributed by atoms with Gasteiger partial charge in [0.05, 0.1) is 11.4 Å². The monoisotopic (exact) mass is 495 g/mol. The summed E-state index contributed by atoms with van der Waals surface area (Å²) in [5.74, 6) is 2.12. The van der Waals surface area contributed by atoms with Gasteiger partial charge >= 0.3 is 0 Å². The van der Waals surface area contributed by atoms with Crippen molar-refractivity contribution in [3.63, 3.8) is 0 Å². The fourth-order valence-electron chi connectivity index (χ4n) is 4.20. The van der Waals surface area contributed by atoms with Crippen LogP contribution in [-0.4, -0.2) is 31.4 Å². The van der Waals surface area contributed by atoms with Crippen molar-refractivity contribution < 1.29 is 9.47 Å². The molecule has 3 aromatic carbocycles. The lowest BCUT2D eigenvalue weighted by molar-refractivity contribution is 0.473. The molecule has 3 aromatic rings. The predicted octanol–water partition coefficient (Wildman–Crippen LogP) is 7.64. The Morgan fingerprint density at radius 2 is 1.26 bits per heavy atom. The summed E-state index contributed by atoms with van der Waals surface area (Å²) in [6.45, 7) is 12.3. The van der Waals surface area contributed by atoms with Crippen molar-refractivity contribution in [3.05, 3.63) is 65.7 Å². The standard InChI is InChI=1S/C27H30ClN3O2S/c1-5-29(6-2)20-11-15-23-25(17-20)33-26-18-21(30(7-3)8-4)12-16-24(26)31(23)27(34)32-22-13-9-19(28)10-14-22/h9-18H,5-8H2,1-4H3. The van der Waals surface area contributed by atoms with Crippen LogP contribution in [-0.2, 0) is 0 Å². The number of ether oxygens (including phenoxy) is 2. The fraction of sp³-hybridized carbons (Fsp3) is 0.296. The maximum atomic E-state index is 6.46. The SMILES string of the molecule is CCN(CC)c1ccc2c(c1)Oc1cc(N(CC)CC)ccc1N2C(=S)Oc1ccc(Cl)cc1. The highest BCUT2D eigenvalue weighted by Crippen LogP contribution is 2.49. The quantitative estimate of drug-likeness (QED) is 0.313. The third-order valence-corrected chi connectivity index (χ3v) is 6.56. The molecule has 5 nitrogen and oxygen atoms in total. The molecule has 1 aliphatic rings. The number of thiocarbonyl (C=S) groups is 1. The van der Waals surface area contributed by atoms with Gasteiger partial charge in [-0.3, -0.25) is 4.90 Å². The Balaban J connectivity index is 1.77. The van der Waals surface area contributed by atoms with E-state index in [2.05, 4.69) is 61.8 Å². The number of fused-ring (bicyclic) bond motifs is 2. The normalized spacial score (nSPS) is 11.9. The van der Waals surface area contributed by atoms with Crippen LogP contribution < -0.4 is 24.2 Å². The molecule has 0 saturated heterocycles. The maximum Gasteiger partial charge on any atom is 0.274 e. The molecule has 1 heterocycles. The summed E-state index contributed by atoms with van der Waals surface area (Å²) in [7, 11) is 0. The second-order valence-corrected chi connectivity index (χ2v) is 8.69. The van der Waals surface area contributed by atoms with Gasteiger partial charge < -0.3 is 19.3 Å². The highest BCUT2D eigenvalue weighted by atomic mass is 35.5. The average Bonchev–Trinajstić information content (AvgIpc) is 2.85. The van der Waals surface area contributed by atoms with Crippen molar-refractivity contribution in [1.29, 1.82) is 0 Å². The number of hydrogen-bond donors (Lipinski definition) is 0. The van der Waals surface area contributed by atoms with E-state index in [0.29, 0.717) is 15.9 Å². The van der Waals surface area contributed by atoms with Crippen LogP contribution in [0.1, 0.15) is 27.7 Å². The van der Waals surface area contributed by atoms with Gasteiger partial charge in [0.25, 0.3) is 5.17 Å². The highest BCUT2D eigenvalue weighted by Gasteiger charge is 2.30. The van der Waals surface area contributed by atoms with E-state index in [4.69, 9.17) is 33.3 Å². The van der Waals surface area contributed by atoms with Crippen molar-refractivity contribution in [3.8, 4) is 17.2 Å². The molecule has 0 saturated carbocycles. The number of halogens is 1. The lowest BCUT2D eigenvalue weighted by Crippen LogP contribution is -2.31. The number of nitrogens with zero attached hydrogens (tertiary/aromatic N) is 3. The smallest absolute Gasteiger partial charge is 0.274 e. The lowest BCUT2D eigenvalue weighted by Gasteiger charge is -2.34. The van der Waals surface area contributed by atoms with Crippen LogP contribution in [0.3, 0.4) is 0 Å². The first-order valence-corrected chi connectivity index (χ1v) is 12.5. The lowest BCUT2D eigenvalue weighted by atomic mass is 10.1. The molecule has 1 aliphatic heterocycles. The van der Waals surface area contributed by atoms with Crippen LogP contribution in [0.4, 0.5) is 22.7 Å². The molecule has 0 unspecified atom stereocenters. The molecule has 0 aliphatic carbocycles. The molecule has 0 aromatic heterocycles. The first-order chi connectivity index (χ1) is 16.5. The van der Waals surface area contributed by atoms with Crippen molar-refractivity contribution in [2.45, 2.75) is 27.7 Å². The van der Waals surface area contributed by atoms with Crippen LogP contribution in [0, 0.1) is 0 Å². The molecular formula is C27H30ClN3O2S. The first-order valence-electron chi connectivity index (χ1n) is 11.7. The van der Waals surface area contributed by atoms with Gasteiger partial charge in [0.1, 0.15) is 5.75 Å². The van der Waals surface area contributed by atoms with E-state index in [0.717, 1.165) is 60.4 Å². The Kier molecular flexibility index (Phi) is 7.49. The zero-order valence-electron chi connectivity index (χ0n) is 20.0. The summed E-state index contributed by atoms with van der Waals surface area (Å²) in [5.41, 5.74) is 3.91. The zero-order chi connectivity index (χ0) is 24.2. The van der Waals surface area contributed by atoms with Crippen LogP contribution in [0.5, 0.6) is 17.2 Å². The molecule has 178 valence electrons. The molecule has 4 rings (SSSR count). The van der Waals surface area contributed by atoms with E-state index in [-0.39, 0.29) is 0 Å². The van der Waals surface area contributed by atoms with Crippen molar-refractivity contribution in [2.24, 2.45) is 0 Å². The van der Waals surface area contributed by atoms with Crippen LogP contribution in [0.25, 0.3) is 0 Å². The predicted molar refractivity (Wildman–Crippen MR) is 147 cm³/mol. The van der Waals surface area contributed by atoms with Gasteiger partial charge in [-0.2, -0.15) is 0 Å². The zero-order valence-corrected chi connectivity index (χ0v) is 21.6. The van der Waals surface area contributed by atoms with Gasteiger partial charge in [0, 0.05) is 54.7 Å². The molecule has 0 bridgehead atoms. The minimum absolute atomic E-state index is 0.319. The summed E-state index contributed by atoms with van der Waals surface area (Å²) in [5, 5.41) is 0.965. The highest BCUT2D eigenvalue weighted by molar-refractivity contribution is 7.80. The first kappa shape index (κ1) is 24.2. The fourth-order valence-corrected chi connectivity index (χ4v) is 4.62. The van der Waals surface area contributed by atoms with Crippen molar-refractivity contribution in [1.82, 2.24) is 0 Å². The molecule has 34 heavy (non-hydrogen) atoms. The van der Waals surface area contributed by atoms with Gasteiger partial charge in [0.2, 0.25) is 0 Å². The molecular weight excluding hydrogens is 466 g/mol. The topological polar surface area (TPSA) is 28.2 Å². The van der Waals surface area contributed by atoms with E-state index in [1.165, 1.54) is 0 Å². The van der Waals surface area contributed by atoms with Gasteiger partial charge in [0.15, 0.2) is 11.5 Å². The molecule has 0 amide bonds. The van der Waals surface area contributed by atoms with E-state index in [9.17, 15) is 0 Å². The summed E-state index contributed by atoms with van der Waals surface area (Å²) >= 11 is 11.8. The molecule has 0 spiro atoms. The van der Waals surface area contributed by atoms with Crippen LogP contribution in [0.2, 0.25) is 5.02 Å². The summed E-state index contributed by atoms with van der Waals surface area (Å²) < 4.78 is 12.5. The molecule has 0 fully saturated rings. The summed E-state index contributed by atoms with van der Waals surface area (Å²) in [6.07, 6.45) is 0. The Bertz CT molecular complexity index is 1100. The van der Waals surface area contributed by atoms with E-state index < -0.39 is 0 Å². The third-order valence-electron chi connectivity index (χ3n) is 6.05. The van der Waals surface area contributed by atoms with Gasteiger partial charge in [-0.1, -0.05) is 11.6 Å². The Labute approximate surface area is 212 Å². The van der Waals surface area contributed by atoms with Crippen LogP contribution in [0.15, 0.2) is 60.7 Å². The van der Waals surface area contributed by atoms with Gasteiger partial charge in [-0.25, -0.2) is 0 Å². The Morgan fingerprint density at radius 1 is 0.794 bits per heavy atom. The van der Waals surface area contributed by atoms with Gasteiger partial charge in [-0.05, 0) is 88.4 Å². The molecule has 0 atom stereocenters. The second-order valence-electron chi connectivity index (χ2n) is 7.91. The van der Waals surface area contributed by atoms with E-state index >= 15 is 0 Å². The molecule has 7 heteroatoms. The van der Waals surface area contributed by atoms with Crippen molar-refractivity contribution >= 4 is 51.7 Å². The number of hydrogen-bond acceptors (Lipinski definition) is 5. The number of benzene rings is 3. The van der Waals surface area contributed by atoms with Gasteiger partial charge in [-0.15, -0.1) is 0 Å². The van der Waals surface area contributed by atoms with Crippen molar-refractivity contribution in [2.75, 3.05) is 40.9 Å². The second kappa shape index (κ2) is 10.5. The largest absolute Gasteiger partial charge is 0.453 e. The average molecular weight is 496 g/mol. The van der Waals surface area contributed by atoms with Crippen LogP contribution >= 0.6 is 23.8 Å². The minimum Gasteiger partial charge on any atom is -0.453 e.